The minimum atomic E-state index is -5.23. The van der Waals surface area contributed by atoms with E-state index in [9.17, 15) is 56.5 Å². The molecule has 3 aromatic heterocycles. The fourth-order valence-electron chi connectivity index (χ4n) is 5.73. The molecule has 57 heavy (non-hydrogen) atoms. The number of hydrogen-bond donors (Lipinski definition) is 8. The van der Waals surface area contributed by atoms with Crippen LogP contribution >= 0.6 is 15.6 Å². The number of rotatable bonds is 17. The van der Waals surface area contributed by atoms with Gasteiger partial charge in [0.2, 0.25) is 0 Å². The first-order chi connectivity index (χ1) is 26.6. The van der Waals surface area contributed by atoms with E-state index in [1.165, 1.54) is 23.2 Å². The molecule has 2 saturated heterocycles. The third-order valence-corrected chi connectivity index (χ3v) is 9.93. The van der Waals surface area contributed by atoms with Crippen LogP contribution < -0.4 is 28.2 Å². The Kier molecular flexibility index (Phi) is 13.7. The van der Waals surface area contributed by atoms with Crippen LogP contribution in [0.3, 0.4) is 0 Å². The zero-order valence-electron chi connectivity index (χ0n) is 29.1. The Bertz CT molecular complexity index is 2070. The minimum Gasteiger partial charge on any atom is -0.455 e. The predicted molar refractivity (Wildman–Crippen MR) is 181 cm³/mol. The van der Waals surface area contributed by atoms with Crippen LogP contribution in [0.2, 0.25) is 0 Å². The standard InChI is InChI=1S/C27H37F3N10O15P2/c28-27(29,30)25(43)34-5-2-1-3-12(31)24(42)54-20-15(53-23(19(20)41)40-11-37-18-21(33)35-10-36-22(18)40)9-51-57(48,49)55-13-7-17(39-6-4-16(32)38-26(39)44)52-14(13)8-50-56(45,46)47/h4,6,10-15,17,19-20,23,41H,1-3,5,7-9,31H2,(H,34,43)(H,48,49)(H2,32,38,44)(H2,33,35,36)(H2,45,46,47)/t12-,13+,14-,15?,17-,19?,20?,23?/m1/s1. The highest BCUT2D eigenvalue weighted by atomic mass is 31.2. The van der Waals surface area contributed by atoms with Crippen LogP contribution in [0, 0.1) is 0 Å². The van der Waals surface area contributed by atoms with Gasteiger partial charge < -0.3 is 56.5 Å². The number of unbranched alkanes of at least 4 members (excludes halogenated alkanes) is 1. The van der Waals surface area contributed by atoms with Crippen molar-refractivity contribution >= 4 is 50.3 Å². The molecule has 316 valence electrons. The van der Waals surface area contributed by atoms with Crippen molar-refractivity contribution in [3.05, 3.63) is 35.4 Å². The summed E-state index contributed by atoms with van der Waals surface area (Å²) in [5.74, 6) is -3.41. The SMILES string of the molecule is Nc1ccn([C@H]2C[C@H](OP(=O)(O)OCC3OC(n4cnc5c(N)ncnc54)C(O)C3OC(=O)[C@H](N)CCCCNC(=O)C(F)(F)F)[C@@H](COP(=O)(O)O)O2)c(=O)n1. The van der Waals surface area contributed by atoms with Crippen molar-refractivity contribution in [2.75, 3.05) is 31.2 Å². The van der Waals surface area contributed by atoms with E-state index in [1.54, 1.807) is 5.32 Å². The molecule has 2 aliphatic rings. The third kappa shape index (κ3) is 11.3. The fraction of sp³-hybridized carbons (Fsp3) is 0.593. The first-order valence-corrected chi connectivity index (χ1v) is 19.6. The average molecular weight is 861 g/mol. The number of halogens is 3. The average Bonchev–Trinajstić information content (AvgIpc) is 3.81. The highest BCUT2D eigenvalue weighted by molar-refractivity contribution is 7.47. The molecule has 5 unspecified atom stereocenters. The lowest BCUT2D eigenvalue weighted by atomic mass is 10.1. The van der Waals surface area contributed by atoms with E-state index < -0.39 is 102 Å². The summed E-state index contributed by atoms with van der Waals surface area (Å²) in [5.41, 5.74) is 16.6. The molecule has 9 atom stereocenters. The number of aromatic nitrogens is 6. The maximum Gasteiger partial charge on any atom is 0.472 e. The topological polar surface area (TPSA) is 373 Å². The Balaban J connectivity index is 1.29. The molecule has 11 N–H and O–H groups in total. The lowest BCUT2D eigenvalue weighted by molar-refractivity contribution is -0.173. The molecule has 25 nitrogen and oxygen atoms in total. The van der Waals surface area contributed by atoms with Crippen LogP contribution in [-0.4, -0.2) is 123 Å². The molecule has 5 heterocycles. The van der Waals surface area contributed by atoms with E-state index in [2.05, 4.69) is 24.5 Å². The molecule has 3 aromatic rings. The van der Waals surface area contributed by atoms with Gasteiger partial charge in [-0.3, -0.25) is 32.3 Å². The van der Waals surface area contributed by atoms with E-state index >= 15 is 0 Å². The molecule has 0 aliphatic carbocycles. The number of phosphoric ester groups is 2. The van der Waals surface area contributed by atoms with Crippen LogP contribution in [0.5, 0.6) is 0 Å². The Morgan fingerprint density at radius 2 is 1.77 bits per heavy atom. The summed E-state index contributed by atoms with van der Waals surface area (Å²) >= 11 is 0. The number of anilines is 2. The second-order valence-electron chi connectivity index (χ2n) is 12.5. The Hall–Kier alpha value is -4.18. The first-order valence-electron chi connectivity index (χ1n) is 16.6. The number of aliphatic hydroxyl groups excluding tert-OH is 1. The van der Waals surface area contributed by atoms with Gasteiger partial charge in [0, 0.05) is 19.2 Å². The van der Waals surface area contributed by atoms with E-state index in [0.717, 1.165) is 10.9 Å². The van der Waals surface area contributed by atoms with Crippen LogP contribution in [-0.2, 0) is 46.5 Å². The predicted octanol–water partition coefficient (Wildman–Crippen LogP) is -1.51. The molecular weight excluding hydrogens is 823 g/mol. The van der Waals surface area contributed by atoms with Crippen molar-refractivity contribution in [3.63, 3.8) is 0 Å². The van der Waals surface area contributed by atoms with Crippen molar-refractivity contribution in [2.24, 2.45) is 5.73 Å². The number of nitrogens with one attached hydrogen (secondary N) is 1. The van der Waals surface area contributed by atoms with Gasteiger partial charge in [-0.25, -0.2) is 28.9 Å². The number of hydrogen-bond acceptors (Lipinski definition) is 19. The smallest absolute Gasteiger partial charge is 0.455 e. The number of carbonyl (C=O) groups excluding carboxylic acids is 2. The number of fused-ring (bicyclic) bond motifs is 1. The van der Waals surface area contributed by atoms with Crippen molar-refractivity contribution in [1.82, 2.24) is 34.4 Å². The van der Waals surface area contributed by atoms with Crippen molar-refractivity contribution in [2.45, 2.75) is 80.9 Å². The van der Waals surface area contributed by atoms with Crippen LogP contribution in [0.1, 0.15) is 38.1 Å². The second-order valence-corrected chi connectivity index (χ2v) is 15.1. The Morgan fingerprint density at radius 3 is 2.46 bits per heavy atom. The largest absolute Gasteiger partial charge is 0.472 e. The zero-order valence-corrected chi connectivity index (χ0v) is 30.9. The highest BCUT2D eigenvalue weighted by Gasteiger charge is 2.50. The zero-order chi connectivity index (χ0) is 41.9. The van der Waals surface area contributed by atoms with Crippen molar-refractivity contribution in [3.8, 4) is 0 Å². The lowest BCUT2D eigenvalue weighted by Gasteiger charge is -2.24. The van der Waals surface area contributed by atoms with E-state index in [0.29, 0.717) is 0 Å². The Morgan fingerprint density at radius 1 is 1.05 bits per heavy atom. The molecule has 0 radical (unpaired) electrons. The summed E-state index contributed by atoms with van der Waals surface area (Å²) < 4.78 is 96.1. The minimum absolute atomic E-state index is 0.00760. The number of phosphoric acid groups is 2. The van der Waals surface area contributed by atoms with E-state index in [-0.39, 0.29) is 55.0 Å². The van der Waals surface area contributed by atoms with Gasteiger partial charge in [0.1, 0.15) is 54.3 Å². The van der Waals surface area contributed by atoms with Gasteiger partial charge in [-0.2, -0.15) is 18.2 Å². The molecule has 0 spiro atoms. The number of aliphatic hydroxyl groups is 1. The number of carbonyl (C=O) groups is 2. The number of amides is 1. The summed E-state index contributed by atoms with van der Waals surface area (Å²) in [6.07, 6.45) is -12.7. The number of nitrogens with two attached hydrogens (primary N) is 3. The summed E-state index contributed by atoms with van der Waals surface area (Å²) in [6, 6.07) is -0.145. The number of nitrogen functional groups attached to an aromatic ring is 2. The van der Waals surface area contributed by atoms with Crippen molar-refractivity contribution < 1.29 is 79.5 Å². The Labute approximate surface area is 317 Å². The molecule has 0 bridgehead atoms. The van der Waals surface area contributed by atoms with Crippen molar-refractivity contribution in [1.29, 1.82) is 0 Å². The summed E-state index contributed by atoms with van der Waals surface area (Å²) in [5, 5.41) is 13.0. The number of esters is 1. The maximum absolute atomic E-state index is 13.3. The molecular formula is C27H37F3N10O15P2. The molecule has 5 rings (SSSR count). The molecule has 0 aromatic carbocycles. The number of alkyl halides is 3. The number of nitrogens with zero attached hydrogens (tertiary/aromatic N) is 6. The second kappa shape index (κ2) is 17.8. The number of imidazole rings is 1. The van der Waals surface area contributed by atoms with Crippen LogP contribution in [0.4, 0.5) is 24.8 Å². The molecule has 2 fully saturated rings. The summed E-state index contributed by atoms with van der Waals surface area (Å²) in [6.45, 7) is -2.18. The number of ether oxygens (including phenoxy) is 3. The summed E-state index contributed by atoms with van der Waals surface area (Å²) in [4.78, 5) is 81.2. The van der Waals surface area contributed by atoms with Crippen LogP contribution in [0.15, 0.2) is 29.7 Å². The lowest BCUT2D eigenvalue weighted by Crippen LogP contribution is -2.43. The molecule has 0 saturated carbocycles. The maximum atomic E-state index is 13.3. The molecule has 1 amide bonds. The van der Waals surface area contributed by atoms with Crippen LogP contribution in [0.25, 0.3) is 11.2 Å². The normalized spacial score (nSPS) is 25.6. The quantitative estimate of drug-likeness (QED) is 0.0434. The third-order valence-electron chi connectivity index (χ3n) is 8.43. The van der Waals surface area contributed by atoms with Gasteiger partial charge in [0.25, 0.3) is 0 Å². The highest BCUT2D eigenvalue weighted by Crippen LogP contribution is 2.50. The van der Waals surface area contributed by atoms with Gasteiger partial charge in [0.15, 0.2) is 23.8 Å². The fourth-order valence-corrected chi connectivity index (χ4v) is 7.03. The van der Waals surface area contributed by atoms with Gasteiger partial charge in [0.05, 0.1) is 19.5 Å². The molecule has 30 heteroatoms. The van der Waals surface area contributed by atoms with Gasteiger partial charge in [-0.05, 0) is 25.3 Å². The summed E-state index contributed by atoms with van der Waals surface area (Å²) in [7, 11) is -10.3. The van der Waals surface area contributed by atoms with Gasteiger partial charge in [-0.15, -0.1) is 0 Å². The van der Waals surface area contributed by atoms with E-state index in [1.807, 2.05) is 0 Å². The first kappa shape index (κ1) is 43.9. The monoisotopic (exact) mass is 860 g/mol. The van der Waals surface area contributed by atoms with Gasteiger partial charge in [-0.1, -0.05) is 0 Å². The van der Waals surface area contributed by atoms with Gasteiger partial charge >= 0.3 is 39.4 Å². The molecule has 2 aliphatic heterocycles. The van der Waals surface area contributed by atoms with E-state index in [4.69, 9.17) is 40.5 Å².